The molecular weight excluding hydrogens is 340 g/mol. The number of carbonyl (C=O) groups is 2. The van der Waals surface area contributed by atoms with Crippen LogP contribution in [0, 0.1) is 13.8 Å². The summed E-state index contributed by atoms with van der Waals surface area (Å²) in [5.74, 6) is 0. The van der Waals surface area contributed by atoms with Crippen molar-refractivity contribution in [2.24, 2.45) is 0 Å². The van der Waals surface area contributed by atoms with Crippen molar-refractivity contribution in [1.82, 2.24) is 5.32 Å². The van der Waals surface area contributed by atoms with Crippen LogP contribution in [-0.4, -0.2) is 19.1 Å². The predicted octanol–water partition coefficient (Wildman–Crippen LogP) is 4.85. The van der Waals surface area contributed by atoms with Gasteiger partial charge < -0.3 is 21.3 Å². The predicted molar refractivity (Wildman–Crippen MR) is 111 cm³/mol. The van der Waals surface area contributed by atoms with Crippen LogP contribution in [0.1, 0.15) is 11.1 Å². The van der Waals surface area contributed by atoms with Crippen LogP contribution in [0.2, 0.25) is 0 Å². The minimum atomic E-state index is -0.345. The normalized spacial score (nSPS) is 10.3. The first-order valence-electron chi connectivity index (χ1n) is 8.63. The summed E-state index contributed by atoms with van der Waals surface area (Å²) >= 11 is 0. The molecule has 0 atom stereocenters. The molecule has 4 amide bonds. The van der Waals surface area contributed by atoms with Crippen molar-refractivity contribution in [2.45, 2.75) is 13.8 Å². The summed E-state index contributed by atoms with van der Waals surface area (Å²) in [5, 5.41) is 13.1. The van der Waals surface area contributed by atoms with E-state index in [1.54, 1.807) is 25.2 Å². The second-order valence-corrected chi connectivity index (χ2v) is 6.33. The molecule has 6 heteroatoms. The van der Waals surface area contributed by atoms with Crippen molar-refractivity contribution in [2.75, 3.05) is 23.0 Å². The zero-order valence-corrected chi connectivity index (χ0v) is 15.5. The Hall–Kier alpha value is -3.54. The second kappa shape index (κ2) is 7.78. The van der Waals surface area contributed by atoms with Gasteiger partial charge in [-0.1, -0.05) is 35.9 Å². The van der Waals surface area contributed by atoms with Gasteiger partial charge in [0.15, 0.2) is 0 Å². The number of nitrogens with one attached hydrogen (secondary N) is 4. The molecule has 3 aromatic carbocycles. The van der Waals surface area contributed by atoms with Crippen molar-refractivity contribution in [3.63, 3.8) is 0 Å². The maximum atomic E-state index is 12.4. The Bertz CT molecular complexity index is 1010. The van der Waals surface area contributed by atoms with Gasteiger partial charge in [0.05, 0.1) is 0 Å². The number of amides is 4. The first-order valence-corrected chi connectivity index (χ1v) is 8.63. The van der Waals surface area contributed by atoms with Gasteiger partial charge >= 0.3 is 12.1 Å². The summed E-state index contributed by atoms with van der Waals surface area (Å²) in [7, 11) is 1.55. The number of anilines is 3. The van der Waals surface area contributed by atoms with Crippen LogP contribution in [-0.2, 0) is 0 Å². The van der Waals surface area contributed by atoms with E-state index >= 15 is 0 Å². The monoisotopic (exact) mass is 362 g/mol. The van der Waals surface area contributed by atoms with Crippen LogP contribution in [0.5, 0.6) is 0 Å². The van der Waals surface area contributed by atoms with Gasteiger partial charge in [-0.25, -0.2) is 9.59 Å². The lowest BCUT2D eigenvalue weighted by atomic mass is 10.1. The fraction of sp³-hybridized carbons (Fsp3) is 0.143. The van der Waals surface area contributed by atoms with Gasteiger partial charge in [0.25, 0.3) is 0 Å². The molecule has 6 nitrogen and oxygen atoms in total. The quantitative estimate of drug-likeness (QED) is 0.537. The van der Waals surface area contributed by atoms with Crippen molar-refractivity contribution >= 4 is 39.9 Å². The molecular formula is C21H22N4O2. The number of hydrogen-bond acceptors (Lipinski definition) is 2. The fourth-order valence-corrected chi connectivity index (χ4v) is 2.82. The van der Waals surface area contributed by atoms with E-state index in [0.717, 1.165) is 16.3 Å². The SMILES string of the molecule is CNC(=O)Nc1cccc(NC(=O)Nc2ccc3ccc(C)cc3c2)c1C. The molecule has 0 bridgehead atoms. The third-order valence-corrected chi connectivity index (χ3v) is 4.31. The topological polar surface area (TPSA) is 82.3 Å². The lowest BCUT2D eigenvalue weighted by molar-refractivity contribution is 0.254. The summed E-state index contributed by atoms with van der Waals surface area (Å²) in [6.07, 6.45) is 0. The number of hydrogen-bond donors (Lipinski definition) is 4. The van der Waals surface area contributed by atoms with E-state index in [2.05, 4.69) is 39.5 Å². The number of benzene rings is 3. The van der Waals surface area contributed by atoms with Gasteiger partial charge in [-0.2, -0.15) is 0 Å². The molecule has 3 rings (SSSR count). The Morgan fingerprint density at radius 1 is 0.741 bits per heavy atom. The molecule has 0 spiro atoms. The average Bonchev–Trinajstić information content (AvgIpc) is 2.64. The van der Waals surface area contributed by atoms with Crippen molar-refractivity contribution < 1.29 is 9.59 Å². The molecule has 27 heavy (non-hydrogen) atoms. The van der Waals surface area contributed by atoms with Crippen LogP contribution in [0.3, 0.4) is 0 Å². The Balaban J connectivity index is 1.74. The minimum Gasteiger partial charge on any atom is -0.341 e. The summed E-state index contributed by atoms with van der Waals surface area (Å²) in [6.45, 7) is 3.87. The summed E-state index contributed by atoms with van der Waals surface area (Å²) in [4.78, 5) is 23.9. The highest BCUT2D eigenvalue weighted by Crippen LogP contribution is 2.24. The second-order valence-electron chi connectivity index (χ2n) is 6.33. The van der Waals surface area contributed by atoms with Crippen molar-refractivity contribution in [3.8, 4) is 0 Å². The Kier molecular flexibility index (Phi) is 5.26. The molecule has 4 N–H and O–H groups in total. The minimum absolute atomic E-state index is 0.314. The van der Waals surface area contributed by atoms with Crippen LogP contribution >= 0.6 is 0 Å². The number of carbonyl (C=O) groups excluding carboxylic acids is 2. The largest absolute Gasteiger partial charge is 0.341 e. The molecule has 0 aliphatic heterocycles. The molecule has 3 aromatic rings. The molecule has 0 radical (unpaired) electrons. The lowest BCUT2D eigenvalue weighted by Gasteiger charge is -2.14. The summed E-state index contributed by atoms with van der Waals surface area (Å²) < 4.78 is 0. The molecule has 0 aliphatic rings. The van der Waals surface area contributed by atoms with Crippen molar-refractivity contribution in [3.05, 3.63) is 65.7 Å². The first kappa shape index (κ1) is 18.3. The number of aryl methyl sites for hydroxylation is 1. The van der Waals surface area contributed by atoms with E-state index in [-0.39, 0.29) is 12.1 Å². The molecule has 0 fully saturated rings. The highest BCUT2D eigenvalue weighted by molar-refractivity contribution is 6.02. The Morgan fingerprint density at radius 2 is 1.41 bits per heavy atom. The van der Waals surface area contributed by atoms with Gasteiger partial charge in [-0.15, -0.1) is 0 Å². The van der Waals surface area contributed by atoms with Gasteiger partial charge in [0.2, 0.25) is 0 Å². The van der Waals surface area contributed by atoms with Crippen LogP contribution < -0.4 is 21.3 Å². The third kappa shape index (κ3) is 4.36. The standard InChI is InChI=1S/C21H22N4O2/c1-13-7-8-15-9-10-17(12-16(15)11-13)23-21(27)25-19-6-4-5-18(14(19)2)24-20(26)22-3/h4-12H,1-3H3,(H2,22,24,26)(H2,23,25,27). The van der Waals surface area contributed by atoms with Gasteiger partial charge in [0.1, 0.15) is 0 Å². The Labute approximate surface area is 158 Å². The van der Waals surface area contributed by atoms with Crippen LogP contribution in [0.4, 0.5) is 26.7 Å². The van der Waals surface area contributed by atoms with Crippen LogP contribution in [0.15, 0.2) is 54.6 Å². The molecule has 0 aromatic heterocycles. The molecule has 0 saturated heterocycles. The summed E-state index contributed by atoms with van der Waals surface area (Å²) in [6, 6.07) is 16.7. The zero-order valence-electron chi connectivity index (χ0n) is 15.5. The fourth-order valence-electron chi connectivity index (χ4n) is 2.82. The molecule has 0 aliphatic carbocycles. The maximum absolute atomic E-state index is 12.4. The zero-order chi connectivity index (χ0) is 19.4. The molecule has 138 valence electrons. The molecule has 0 heterocycles. The van der Waals surface area contributed by atoms with Gasteiger partial charge in [0, 0.05) is 24.1 Å². The van der Waals surface area contributed by atoms with Gasteiger partial charge in [-0.3, -0.25) is 0 Å². The Morgan fingerprint density at radius 3 is 2.11 bits per heavy atom. The number of urea groups is 2. The van der Waals surface area contributed by atoms with E-state index in [1.807, 2.05) is 32.0 Å². The van der Waals surface area contributed by atoms with Crippen LogP contribution in [0.25, 0.3) is 10.8 Å². The number of rotatable bonds is 3. The molecule has 0 saturated carbocycles. The lowest BCUT2D eigenvalue weighted by Crippen LogP contribution is -2.25. The van der Waals surface area contributed by atoms with E-state index in [1.165, 1.54) is 5.56 Å². The highest BCUT2D eigenvalue weighted by Gasteiger charge is 2.10. The van der Waals surface area contributed by atoms with Gasteiger partial charge in [-0.05, 0) is 54.4 Å². The van der Waals surface area contributed by atoms with E-state index in [4.69, 9.17) is 0 Å². The summed E-state index contributed by atoms with van der Waals surface area (Å²) in [5.41, 5.74) is 3.90. The average molecular weight is 362 g/mol. The maximum Gasteiger partial charge on any atom is 0.323 e. The van der Waals surface area contributed by atoms with E-state index < -0.39 is 0 Å². The molecule has 0 unspecified atom stereocenters. The first-order chi connectivity index (χ1) is 13.0. The van der Waals surface area contributed by atoms with E-state index in [9.17, 15) is 9.59 Å². The number of fused-ring (bicyclic) bond motifs is 1. The van der Waals surface area contributed by atoms with E-state index in [0.29, 0.717) is 17.1 Å². The highest BCUT2D eigenvalue weighted by atomic mass is 16.2. The van der Waals surface area contributed by atoms with Crippen molar-refractivity contribution in [1.29, 1.82) is 0 Å². The third-order valence-electron chi connectivity index (χ3n) is 4.31. The smallest absolute Gasteiger partial charge is 0.323 e.